The maximum Gasteiger partial charge on any atom is 0.362 e. The zero-order valence-corrected chi connectivity index (χ0v) is 12.4. The van der Waals surface area contributed by atoms with E-state index in [0.717, 1.165) is 12.1 Å². The summed E-state index contributed by atoms with van der Waals surface area (Å²) in [6, 6.07) is 0. The average Bonchev–Trinajstić information content (AvgIpc) is 3.12. The molecule has 10 heteroatoms. The fourth-order valence-corrected chi connectivity index (χ4v) is 1.98. The maximum absolute atomic E-state index is 12.3. The number of aryl methyl sites for hydroxylation is 1. The molecule has 2 heterocycles. The molecule has 2 rings (SSSR count). The van der Waals surface area contributed by atoms with Crippen LogP contribution in [0.4, 0.5) is 5.69 Å². The van der Waals surface area contributed by atoms with Gasteiger partial charge in [-0.1, -0.05) is 0 Å². The fraction of sp³-hybridized carbons (Fsp3) is 0.417. The Balaban J connectivity index is 2.20. The van der Waals surface area contributed by atoms with Gasteiger partial charge in [-0.15, -0.1) is 5.10 Å². The lowest BCUT2D eigenvalue weighted by Gasteiger charge is -2.14. The standard InChI is InChI=1S/C12H16N6O4/c1-4-17-7-8(5-13-17)6-16(2)12(19)9-10(18(20)21)11(22-3)15-14-9/h5,7H,4,6H2,1-3H3,(H,14,15). The van der Waals surface area contributed by atoms with Gasteiger partial charge in [-0.05, 0) is 6.92 Å². The van der Waals surface area contributed by atoms with E-state index in [4.69, 9.17) is 4.74 Å². The second-order valence-electron chi connectivity index (χ2n) is 4.58. The van der Waals surface area contributed by atoms with Crippen molar-refractivity contribution < 1.29 is 14.5 Å². The summed E-state index contributed by atoms with van der Waals surface area (Å²) in [5, 5.41) is 21.2. The number of hydrogen-bond acceptors (Lipinski definition) is 6. The highest BCUT2D eigenvalue weighted by atomic mass is 16.6. The van der Waals surface area contributed by atoms with Gasteiger partial charge in [-0.3, -0.25) is 24.7 Å². The van der Waals surface area contributed by atoms with Gasteiger partial charge >= 0.3 is 11.6 Å². The van der Waals surface area contributed by atoms with Gasteiger partial charge in [0.25, 0.3) is 5.91 Å². The van der Waals surface area contributed by atoms with Gasteiger partial charge in [-0.2, -0.15) is 5.10 Å². The highest BCUT2D eigenvalue weighted by molar-refractivity contribution is 5.96. The molecule has 0 unspecified atom stereocenters. The SMILES string of the molecule is CCn1cc(CN(C)C(=O)c2[nH]nc(OC)c2[N+](=O)[O-])cn1. The molecule has 0 spiro atoms. The number of H-pyrrole nitrogens is 1. The van der Waals surface area contributed by atoms with Crippen LogP contribution in [0.3, 0.4) is 0 Å². The Morgan fingerprint density at radius 3 is 2.86 bits per heavy atom. The highest BCUT2D eigenvalue weighted by Gasteiger charge is 2.31. The molecular formula is C12H16N6O4. The maximum atomic E-state index is 12.3. The number of rotatable bonds is 6. The zero-order chi connectivity index (χ0) is 16.3. The van der Waals surface area contributed by atoms with E-state index >= 15 is 0 Å². The summed E-state index contributed by atoms with van der Waals surface area (Å²) in [7, 11) is 2.79. The van der Waals surface area contributed by atoms with Crippen molar-refractivity contribution in [2.45, 2.75) is 20.0 Å². The number of nitro groups is 1. The molecule has 0 atom stereocenters. The van der Waals surface area contributed by atoms with Crippen LogP contribution in [-0.2, 0) is 13.1 Å². The number of hydrogen-bond donors (Lipinski definition) is 1. The van der Waals surface area contributed by atoms with Gasteiger partial charge in [0.1, 0.15) is 0 Å². The lowest BCUT2D eigenvalue weighted by Crippen LogP contribution is -2.27. The molecule has 0 fully saturated rings. The van der Waals surface area contributed by atoms with Crippen LogP contribution in [0.1, 0.15) is 23.0 Å². The second kappa shape index (κ2) is 6.24. The topological polar surface area (TPSA) is 119 Å². The molecule has 0 radical (unpaired) electrons. The molecule has 0 saturated carbocycles. The molecule has 1 N–H and O–H groups in total. The quantitative estimate of drug-likeness (QED) is 0.623. The van der Waals surface area contributed by atoms with Crippen LogP contribution in [0.5, 0.6) is 5.88 Å². The Morgan fingerprint density at radius 1 is 1.59 bits per heavy atom. The molecule has 10 nitrogen and oxygen atoms in total. The first-order chi connectivity index (χ1) is 10.5. The van der Waals surface area contributed by atoms with E-state index < -0.39 is 16.5 Å². The van der Waals surface area contributed by atoms with Gasteiger partial charge in [0.05, 0.1) is 18.2 Å². The number of carbonyl (C=O) groups excluding carboxylic acids is 1. The molecule has 0 aliphatic rings. The van der Waals surface area contributed by atoms with E-state index in [2.05, 4.69) is 15.3 Å². The van der Waals surface area contributed by atoms with Crippen LogP contribution < -0.4 is 4.74 Å². The second-order valence-corrected chi connectivity index (χ2v) is 4.58. The number of amides is 1. The molecule has 1 amide bonds. The van der Waals surface area contributed by atoms with Gasteiger partial charge in [-0.25, -0.2) is 0 Å². The van der Waals surface area contributed by atoms with E-state index in [1.165, 1.54) is 12.0 Å². The lowest BCUT2D eigenvalue weighted by atomic mass is 10.3. The van der Waals surface area contributed by atoms with Gasteiger partial charge in [0.15, 0.2) is 0 Å². The van der Waals surface area contributed by atoms with E-state index in [1.807, 2.05) is 13.1 Å². The van der Waals surface area contributed by atoms with E-state index in [1.54, 1.807) is 17.9 Å². The molecule has 0 saturated heterocycles. The monoisotopic (exact) mass is 308 g/mol. The summed E-state index contributed by atoms with van der Waals surface area (Å²) in [5.41, 5.74) is 0.141. The minimum Gasteiger partial charge on any atom is -0.475 e. The van der Waals surface area contributed by atoms with Crippen molar-refractivity contribution in [2.24, 2.45) is 0 Å². The Morgan fingerprint density at radius 2 is 2.32 bits per heavy atom. The predicted octanol–water partition coefficient (Wildman–Crippen LogP) is 0.815. The van der Waals surface area contributed by atoms with Crippen LogP contribution in [0.15, 0.2) is 12.4 Å². The molecule has 2 aromatic heterocycles. The largest absolute Gasteiger partial charge is 0.475 e. The summed E-state index contributed by atoms with van der Waals surface area (Å²) in [6.45, 7) is 2.95. The summed E-state index contributed by atoms with van der Waals surface area (Å²) in [5.74, 6) is -0.771. The Labute approximate surface area is 125 Å². The zero-order valence-electron chi connectivity index (χ0n) is 12.4. The van der Waals surface area contributed by atoms with Crippen LogP contribution in [-0.4, -0.2) is 49.9 Å². The molecule has 0 aliphatic carbocycles. The number of aromatic nitrogens is 4. The van der Waals surface area contributed by atoms with Crippen molar-refractivity contribution in [3.63, 3.8) is 0 Å². The van der Waals surface area contributed by atoms with Gasteiger partial charge in [0, 0.05) is 31.9 Å². The van der Waals surface area contributed by atoms with E-state index in [0.29, 0.717) is 0 Å². The minimum absolute atomic E-state index is 0.216. The molecule has 22 heavy (non-hydrogen) atoms. The predicted molar refractivity (Wildman–Crippen MR) is 75.5 cm³/mol. The molecular weight excluding hydrogens is 292 g/mol. The van der Waals surface area contributed by atoms with Crippen LogP contribution in [0.25, 0.3) is 0 Å². The van der Waals surface area contributed by atoms with Crippen molar-refractivity contribution in [3.05, 3.63) is 33.8 Å². The molecule has 2 aromatic rings. The normalized spacial score (nSPS) is 10.5. The van der Waals surface area contributed by atoms with Crippen molar-refractivity contribution in [2.75, 3.05) is 14.2 Å². The van der Waals surface area contributed by atoms with Crippen LogP contribution in [0.2, 0.25) is 0 Å². The lowest BCUT2D eigenvalue weighted by molar-refractivity contribution is -0.386. The molecule has 0 bridgehead atoms. The third-order valence-electron chi connectivity index (χ3n) is 3.08. The van der Waals surface area contributed by atoms with E-state index in [-0.39, 0.29) is 18.1 Å². The van der Waals surface area contributed by atoms with Gasteiger partial charge in [0.2, 0.25) is 5.69 Å². The number of carbonyl (C=O) groups is 1. The third-order valence-corrected chi connectivity index (χ3v) is 3.08. The number of nitrogens with zero attached hydrogens (tertiary/aromatic N) is 5. The van der Waals surface area contributed by atoms with Crippen molar-refractivity contribution in [1.82, 2.24) is 24.9 Å². The average molecular weight is 308 g/mol. The molecule has 118 valence electrons. The number of methoxy groups -OCH3 is 1. The number of ether oxygens (including phenoxy) is 1. The summed E-state index contributed by atoms with van der Waals surface area (Å²) >= 11 is 0. The Hall–Kier alpha value is -2.91. The first-order valence-electron chi connectivity index (χ1n) is 6.51. The minimum atomic E-state index is -0.696. The van der Waals surface area contributed by atoms with Crippen molar-refractivity contribution >= 4 is 11.6 Å². The fourth-order valence-electron chi connectivity index (χ4n) is 1.98. The van der Waals surface area contributed by atoms with E-state index in [9.17, 15) is 14.9 Å². The highest BCUT2D eigenvalue weighted by Crippen LogP contribution is 2.28. The smallest absolute Gasteiger partial charge is 0.362 e. The third kappa shape index (κ3) is 2.90. The number of aromatic amines is 1. The Kier molecular flexibility index (Phi) is 4.39. The summed E-state index contributed by atoms with van der Waals surface area (Å²) in [4.78, 5) is 24.1. The number of nitrogens with one attached hydrogen (secondary N) is 1. The summed E-state index contributed by atoms with van der Waals surface area (Å²) < 4.78 is 6.52. The van der Waals surface area contributed by atoms with Crippen LogP contribution in [0, 0.1) is 10.1 Å². The van der Waals surface area contributed by atoms with Gasteiger partial charge < -0.3 is 9.64 Å². The molecule has 0 aliphatic heterocycles. The molecule has 0 aromatic carbocycles. The van der Waals surface area contributed by atoms with Crippen LogP contribution >= 0.6 is 0 Å². The van der Waals surface area contributed by atoms with Crippen molar-refractivity contribution in [1.29, 1.82) is 0 Å². The first kappa shape index (κ1) is 15.5. The Bertz CT molecular complexity index is 692. The van der Waals surface area contributed by atoms with Crippen molar-refractivity contribution in [3.8, 4) is 5.88 Å². The first-order valence-corrected chi connectivity index (χ1v) is 6.51. The summed E-state index contributed by atoms with van der Waals surface area (Å²) in [6.07, 6.45) is 3.46.